The average molecular weight is 220 g/mol. The number of fused-ring (bicyclic) bond motifs is 1. The normalized spacial score (nSPS) is 13.0. The second-order valence-corrected chi connectivity index (χ2v) is 4.31. The van der Waals surface area contributed by atoms with Gasteiger partial charge in [0.05, 0.1) is 10.9 Å². The summed E-state index contributed by atoms with van der Waals surface area (Å²) in [7, 11) is 0. The maximum absolute atomic E-state index is 6.20. The molecule has 0 aliphatic rings. The minimum Gasteiger partial charge on any atom is -0.253 e. The molecule has 1 aromatic carbocycles. The van der Waals surface area contributed by atoms with Crippen molar-refractivity contribution < 1.29 is 0 Å². The van der Waals surface area contributed by atoms with E-state index in [1.807, 2.05) is 19.1 Å². The van der Waals surface area contributed by atoms with Gasteiger partial charge in [-0.15, -0.1) is 11.6 Å². The Kier molecular flexibility index (Phi) is 2.92. The third-order valence-electron chi connectivity index (χ3n) is 2.57. The summed E-state index contributed by atoms with van der Waals surface area (Å²) in [6.07, 6.45) is 0.951. The topological polar surface area (TPSA) is 12.9 Å². The molecule has 0 saturated carbocycles. The van der Waals surface area contributed by atoms with Crippen LogP contribution in [0.15, 0.2) is 30.3 Å². The van der Waals surface area contributed by atoms with Gasteiger partial charge in [-0.05, 0) is 37.1 Å². The number of nitrogens with zero attached hydrogens (tertiary/aromatic N) is 1. The van der Waals surface area contributed by atoms with E-state index in [9.17, 15) is 0 Å². The van der Waals surface area contributed by atoms with Crippen molar-refractivity contribution in [2.24, 2.45) is 0 Å². The van der Waals surface area contributed by atoms with Gasteiger partial charge in [0.25, 0.3) is 0 Å². The van der Waals surface area contributed by atoms with Crippen LogP contribution in [0.4, 0.5) is 0 Å². The summed E-state index contributed by atoms with van der Waals surface area (Å²) >= 11 is 6.20. The molecule has 1 aromatic heterocycles. The van der Waals surface area contributed by atoms with Gasteiger partial charge in [-0.2, -0.15) is 0 Å². The zero-order valence-electron chi connectivity index (χ0n) is 9.00. The molecule has 0 aliphatic carbocycles. The molecular formula is C13H14ClN. The predicted octanol–water partition coefficient (Wildman–Crippen LogP) is 4.23. The fourth-order valence-electron chi connectivity index (χ4n) is 1.68. The Hall–Kier alpha value is -1.08. The first kappa shape index (κ1) is 10.4. The summed E-state index contributed by atoms with van der Waals surface area (Å²) in [6, 6.07) is 10.4. The molecule has 2 heteroatoms. The molecule has 15 heavy (non-hydrogen) atoms. The molecular weight excluding hydrogens is 206 g/mol. The molecule has 0 aliphatic heterocycles. The SMILES string of the molecule is CCC(Cl)c1ccc2nc(C)ccc2c1. The van der Waals surface area contributed by atoms with Gasteiger partial charge in [0, 0.05) is 11.1 Å². The molecule has 1 unspecified atom stereocenters. The van der Waals surface area contributed by atoms with Crippen molar-refractivity contribution in [2.75, 3.05) is 0 Å². The first-order chi connectivity index (χ1) is 7.20. The van der Waals surface area contributed by atoms with E-state index in [1.54, 1.807) is 0 Å². The first-order valence-electron chi connectivity index (χ1n) is 5.22. The fourth-order valence-corrected chi connectivity index (χ4v) is 1.81. The van der Waals surface area contributed by atoms with E-state index in [0.717, 1.165) is 23.0 Å². The number of hydrogen-bond acceptors (Lipinski definition) is 1. The third-order valence-corrected chi connectivity index (χ3v) is 3.13. The Morgan fingerprint density at radius 1 is 1.27 bits per heavy atom. The lowest BCUT2D eigenvalue weighted by molar-refractivity contribution is 0.885. The van der Waals surface area contributed by atoms with Crippen LogP contribution in [0.1, 0.15) is 30.0 Å². The van der Waals surface area contributed by atoms with E-state index in [2.05, 4.69) is 30.1 Å². The highest BCUT2D eigenvalue weighted by Gasteiger charge is 2.05. The van der Waals surface area contributed by atoms with Crippen LogP contribution in [0.25, 0.3) is 10.9 Å². The second kappa shape index (κ2) is 4.19. The molecule has 2 rings (SSSR count). The van der Waals surface area contributed by atoms with Gasteiger partial charge in [0.2, 0.25) is 0 Å². The van der Waals surface area contributed by atoms with E-state index < -0.39 is 0 Å². The molecule has 0 spiro atoms. The summed E-state index contributed by atoms with van der Waals surface area (Å²) < 4.78 is 0. The number of pyridine rings is 1. The van der Waals surface area contributed by atoms with Crippen molar-refractivity contribution in [3.05, 3.63) is 41.6 Å². The van der Waals surface area contributed by atoms with Crippen molar-refractivity contribution in [2.45, 2.75) is 25.6 Å². The van der Waals surface area contributed by atoms with E-state index in [-0.39, 0.29) is 5.38 Å². The maximum atomic E-state index is 6.20. The summed E-state index contributed by atoms with van der Waals surface area (Å²) in [6.45, 7) is 4.10. The highest BCUT2D eigenvalue weighted by atomic mass is 35.5. The van der Waals surface area contributed by atoms with E-state index in [4.69, 9.17) is 11.6 Å². The molecule has 1 atom stereocenters. The first-order valence-corrected chi connectivity index (χ1v) is 5.65. The lowest BCUT2D eigenvalue weighted by atomic mass is 10.1. The Morgan fingerprint density at radius 3 is 2.80 bits per heavy atom. The van der Waals surface area contributed by atoms with E-state index in [1.165, 1.54) is 5.56 Å². The second-order valence-electron chi connectivity index (χ2n) is 3.78. The van der Waals surface area contributed by atoms with Gasteiger partial charge >= 0.3 is 0 Å². The molecule has 2 aromatic rings. The van der Waals surface area contributed by atoms with Crippen LogP contribution < -0.4 is 0 Å². The summed E-state index contributed by atoms with van der Waals surface area (Å²) in [5.74, 6) is 0. The van der Waals surface area contributed by atoms with Gasteiger partial charge in [-0.3, -0.25) is 4.98 Å². The Balaban J connectivity index is 2.52. The summed E-state index contributed by atoms with van der Waals surface area (Å²) in [5.41, 5.74) is 3.27. The van der Waals surface area contributed by atoms with Crippen LogP contribution in [-0.2, 0) is 0 Å². The standard InChI is InChI=1S/C13H14ClN/c1-3-12(14)10-6-7-13-11(8-10)5-4-9(2)15-13/h4-8,12H,3H2,1-2H3. The average Bonchev–Trinajstić information content (AvgIpc) is 2.27. The zero-order valence-corrected chi connectivity index (χ0v) is 9.75. The fraction of sp³-hybridized carbons (Fsp3) is 0.308. The van der Waals surface area contributed by atoms with Gasteiger partial charge < -0.3 is 0 Å². The van der Waals surface area contributed by atoms with Crippen molar-refractivity contribution in [1.82, 2.24) is 4.98 Å². The third kappa shape index (κ3) is 2.13. The van der Waals surface area contributed by atoms with Gasteiger partial charge in [0.15, 0.2) is 0 Å². The van der Waals surface area contributed by atoms with Crippen LogP contribution >= 0.6 is 11.6 Å². The minimum atomic E-state index is 0.107. The number of rotatable bonds is 2. The zero-order chi connectivity index (χ0) is 10.8. The lowest BCUT2D eigenvalue weighted by Gasteiger charge is -2.07. The number of aryl methyl sites for hydroxylation is 1. The molecule has 0 saturated heterocycles. The Morgan fingerprint density at radius 2 is 2.07 bits per heavy atom. The Bertz CT molecular complexity index is 479. The highest BCUT2D eigenvalue weighted by molar-refractivity contribution is 6.20. The monoisotopic (exact) mass is 219 g/mol. The van der Waals surface area contributed by atoms with Gasteiger partial charge in [-0.25, -0.2) is 0 Å². The van der Waals surface area contributed by atoms with Crippen LogP contribution in [0.5, 0.6) is 0 Å². The van der Waals surface area contributed by atoms with Gasteiger partial charge in [0.1, 0.15) is 0 Å². The molecule has 0 radical (unpaired) electrons. The number of benzene rings is 1. The van der Waals surface area contributed by atoms with Crippen molar-refractivity contribution in [1.29, 1.82) is 0 Å². The smallest absolute Gasteiger partial charge is 0.0705 e. The molecule has 0 bridgehead atoms. The summed E-state index contributed by atoms with van der Waals surface area (Å²) in [4.78, 5) is 4.46. The van der Waals surface area contributed by atoms with E-state index in [0.29, 0.717) is 0 Å². The molecule has 0 fully saturated rings. The number of hydrogen-bond donors (Lipinski definition) is 0. The van der Waals surface area contributed by atoms with Crippen molar-refractivity contribution in [3.8, 4) is 0 Å². The van der Waals surface area contributed by atoms with Crippen molar-refractivity contribution in [3.63, 3.8) is 0 Å². The molecule has 0 amide bonds. The minimum absolute atomic E-state index is 0.107. The Labute approximate surface area is 95.1 Å². The lowest BCUT2D eigenvalue weighted by Crippen LogP contribution is -1.89. The van der Waals surface area contributed by atoms with Crippen LogP contribution in [0.3, 0.4) is 0 Å². The quantitative estimate of drug-likeness (QED) is 0.689. The van der Waals surface area contributed by atoms with Crippen LogP contribution in [-0.4, -0.2) is 4.98 Å². The number of alkyl halides is 1. The number of aromatic nitrogens is 1. The van der Waals surface area contributed by atoms with Gasteiger partial charge in [-0.1, -0.05) is 19.1 Å². The number of halogens is 1. The molecule has 1 heterocycles. The van der Waals surface area contributed by atoms with Crippen LogP contribution in [0.2, 0.25) is 0 Å². The maximum Gasteiger partial charge on any atom is 0.0705 e. The molecule has 0 N–H and O–H groups in total. The largest absolute Gasteiger partial charge is 0.253 e. The predicted molar refractivity (Wildman–Crippen MR) is 65.4 cm³/mol. The highest BCUT2D eigenvalue weighted by Crippen LogP contribution is 2.26. The van der Waals surface area contributed by atoms with Crippen LogP contribution in [0, 0.1) is 6.92 Å². The summed E-state index contributed by atoms with van der Waals surface area (Å²) in [5, 5.41) is 1.27. The molecule has 1 nitrogen and oxygen atoms in total. The molecule has 78 valence electrons. The van der Waals surface area contributed by atoms with E-state index >= 15 is 0 Å². The van der Waals surface area contributed by atoms with Crippen molar-refractivity contribution >= 4 is 22.5 Å².